The average molecular weight is 599 g/mol. The molecule has 2 heterocycles. The Labute approximate surface area is 248 Å². The number of hydrogen-bond donors (Lipinski definition) is 7. The van der Waals surface area contributed by atoms with Gasteiger partial charge in [-0.05, 0) is 37.8 Å². The van der Waals surface area contributed by atoms with Crippen LogP contribution in [0.5, 0.6) is 0 Å². The fraction of sp³-hybridized carbons (Fsp3) is 0.429. The van der Waals surface area contributed by atoms with Gasteiger partial charge in [-0.15, -0.1) is 6.58 Å². The second-order valence-electron chi connectivity index (χ2n) is 9.85. The molecule has 1 aromatic carbocycles. The highest BCUT2D eigenvalue weighted by Crippen LogP contribution is 2.24. The molecular formula is C28H38N8O7. The summed E-state index contributed by atoms with van der Waals surface area (Å²) in [6.07, 6.45) is 1.52. The Hall–Kier alpha value is -4.92. The quantitative estimate of drug-likeness (QED) is 0.0282. The number of benzene rings is 1. The summed E-state index contributed by atoms with van der Waals surface area (Å²) in [7, 11) is 0. The second kappa shape index (κ2) is 15.3. The van der Waals surface area contributed by atoms with Gasteiger partial charge in [0.1, 0.15) is 18.1 Å². The number of nitrogens with zero attached hydrogens (tertiary/aromatic N) is 1. The molecule has 15 nitrogen and oxygen atoms in total. The largest absolute Gasteiger partial charge is 0.464 e. The van der Waals surface area contributed by atoms with Gasteiger partial charge in [0.25, 0.3) is 5.91 Å². The maximum Gasteiger partial charge on any atom is 0.338 e. The van der Waals surface area contributed by atoms with Gasteiger partial charge in [0, 0.05) is 30.1 Å². The minimum Gasteiger partial charge on any atom is -0.464 e. The third kappa shape index (κ3) is 9.29. The van der Waals surface area contributed by atoms with Crippen molar-refractivity contribution in [1.82, 2.24) is 20.9 Å². The third-order valence-corrected chi connectivity index (χ3v) is 6.64. The number of nitrogens with one attached hydrogen (secondary N) is 4. The molecule has 43 heavy (non-hydrogen) atoms. The summed E-state index contributed by atoms with van der Waals surface area (Å²) >= 11 is 0. The molecule has 1 fully saturated rings. The van der Waals surface area contributed by atoms with Gasteiger partial charge in [-0.25, -0.2) is 4.79 Å². The molecule has 15 heteroatoms. The number of aliphatic imine (C=N–C) groups is 1. The topological polar surface area (TPSA) is 249 Å². The molecule has 4 amide bonds. The third-order valence-electron chi connectivity index (χ3n) is 6.64. The fourth-order valence-corrected chi connectivity index (χ4v) is 4.43. The van der Waals surface area contributed by atoms with Crippen molar-refractivity contribution < 1.29 is 33.4 Å². The average Bonchev–Trinajstić information content (AvgIpc) is 3.68. The van der Waals surface area contributed by atoms with E-state index in [0.29, 0.717) is 6.42 Å². The van der Waals surface area contributed by atoms with Gasteiger partial charge >= 0.3 is 5.97 Å². The zero-order valence-corrected chi connectivity index (χ0v) is 23.8. The van der Waals surface area contributed by atoms with Crippen LogP contribution in [-0.2, 0) is 39.9 Å². The standard InChI is InChI=1S/C28H38N8O7/c1-3-8-18(35-26(40)21-22(43-21)27(41)42-4-2)24(38)34-19(11-7-12-32-28(30)31)25(39)36-20(23(29)37)13-15-14-33-17-10-6-5-9-16(15)17/h3,5-6,9-10,14,18-22,33H,1,4,7-8,11-13H2,2H3,(H2,29,37)(H,34,38)(H,35,40)(H,36,39)(H4,30,31,32)/t18-,19-,20-,21+,22?/m0/s1. The first-order valence-corrected chi connectivity index (χ1v) is 13.8. The lowest BCUT2D eigenvalue weighted by atomic mass is 10.0. The second-order valence-corrected chi connectivity index (χ2v) is 9.85. The van der Waals surface area contributed by atoms with Crippen LogP contribution in [0.15, 0.2) is 48.1 Å². The van der Waals surface area contributed by atoms with E-state index in [1.165, 1.54) is 6.08 Å². The summed E-state index contributed by atoms with van der Waals surface area (Å²) in [5.74, 6) is -3.63. The van der Waals surface area contributed by atoms with E-state index in [0.717, 1.165) is 16.5 Å². The predicted octanol–water partition coefficient (Wildman–Crippen LogP) is -1.39. The lowest BCUT2D eigenvalue weighted by molar-refractivity contribution is -0.144. The van der Waals surface area contributed by atoms with Crippen LogP contribution in [0.4, 0.5) is 0 Å². The molecule has 1 saturated heterocycles. The monoisotopic (exact) mass is 598 g/mol. The van der Waals surface area contributed by atoms with Gasteiger partial charge in [-0.1, -0.05) is 24.3 Å². The highest BCUT2D eigenvalue weighted by Gasteiger charge is 2.52. The van der Waals surface area contributed by atoms with Crippen molar-refractivity contribution in [2.75, 3.05) is 13.2 Å². The number of esters is 1. The highest BCUT2D eigenvalue weighted by molar-refractivity contribution is 5.97. The van der Waals surface area contributed by atoms with Gasteiger partial charge in [-0.2, -0.15) is 0 Å². The van der Waals surface area contributed by atoms with Crippen LogP contribution in [0, 0.1) is 0 Å². The first-order valence-electron chi connectivity index (χ1n) is 13.8. The van der Waals surface area contributed by atoms with Crippen molar-refractivity contribution in [2.45, 2.75) is 62.9 Å². The van der Waals surface area contributed by atoms with E-state index >= 15 is 0 Å². The van der Waals surface area contributed by atoms with Crippen molar-refractivity contribution in [2.24, 2.45) is 22.2 Å². The summed E-state index contributed by atoms with van der Waals surface area (Å²) in [6, 6.07) is 4.12. The van der Waals surface area contributed by atoms with E-state index < -0.39 is 59.9 Å². The van der Waals surface area contributed by atoms with Crippen molar-refractivity contribution in [3.8, 4) is 0 Å². The van der Waals surface area contributed by atoms with Crippen molar-refractivity contribution in [1.29, 1.82) is 0 Å². The van der Waals surface area contributed by atoms with Crippen LogP contribution in [-0.4, -0.2) is 84.0 Å². The number of amides is 4. The van der Waals surface area contributed by atoms with Crippen LogP contribution in [0.2, 0.25) is 0 Å². The Morgan fingerprint density at radius 2 is 1.74 bits per heavy atom. The Morgan fingerprint density at radius 1 is 1.05 bits per heavy atom. The summed E-state index contributed by atoms with van der Waals surface area (Å²) < 4.78 is 9.95. The van der Waals surface area contributed by atoms with Gasteiger partial charge in [-0.3, -0.25) is 24.2 Å². The number of fused-ring (bicyclic) bond motifs is 1. The summed E-state index contributed by atoms with van der Waals surface area (Å²) in [4.78, 5) is 70.5. The number of epoxide rings is 1. The summed E-state index contributed by atoms with van der Waals surface area (Å²) in [5.41, 5.74) is 18.0. The number of carbonyl (C=O) groups excluding carboxylic acids is 5. The maximum absolute atomic E-state index is 13.4. The maximum atomic E-state index is 13.4. The van der Waals surface area contributed by atoms with Crippen LogP contribution in [0.1, 0.15) is 31.7 Å². The van der Waals surface area contributed by atoms with Crippen molar-refractivity contribution in [3.63, 3.8) is 0 Å². The van der Waals surface area contributed by atoms with Crippen molar-refractivity contribution in [3.05, 3.63) is 48.7 Å². The van der Waals surface area contributed by atoms with E-state index in [2.05, 4.69) is 32.5 Å². The van der Waals surface area contributed by atoms with E-state index in [1.54, 1.807) is 13.1 Å². The van der Waals surface area contributed by atoms with Crippen LogP contribution < -0.4 is 33.2 Å². The van der Waals surface area contributed by atoms with E-state index in [-0.39, 0.29) is 38.4 Å². The molecular weight excluding hydrogens is 560 g/mol. The number of ether oxygens (including phenoxy) is 2. The number of rotatable bonds is 17. The van der Waals surface area contributed by atoms with Gasteiger partial charge in [0.15, 0.2) is 18.2 Å². The number of nitrogens with two attached hydrogens (primary N) is 3. The van der Waals surface area contributed by atoms with Gasteiger partial charge in [0.05, 0.1) is 6.61 Å². The molecule has 10 N–H and O–H groups in total. The van der Waals surface area contributed by atoms with E-state index in [1.807, 2.05) is 24.3 Å². The Bertz CT molecular complexity index is 1370. The highest BCUT2D eigenvalue weighted by atomic mass is 16.6. The van der Waals surface area contributed by atoms with Crippen LogP contribution >= 0.6 is 0 Å². The smallest absolute Gasteiger partial charge is 0.338 e. The number of hydrogen-bond acceptors (Lipinski definition) is 8. The molecule has 1 aliphatic rings. The van der Waals surface area contributed by atoms with E-state index in [4.69, 9.17) is 26.7 Å². The normalized spacial score (nSPS) is 17.5. The molecule has 5 atom stereocenters. The Morgan fingerprint density at radius 3 is 2.42 bits per heavy atom. The number of aromatic nitrogens is 1. The minimum atomic E-state index is -1.14. The predicted molar refractivity (Wildman–Crippen MR) is 157 cm³/mol. The molecule has 1 unspecified atom stereocenters. The molecule has 3 rings (SSSR count). The Balaban J connectivity index is 1.71. The Kier molecular flexibility index (Phi) is 11.6. The molecule has 232 valence electrons. The number of H-pyrrole nitrogens is 1. The first kappa shape index (κ1) is 32.6. The number of guanidine groups is 1. The zero-order valence-electron chi connectivity index (χ0n) is 23.8. The van der Waals surface area contributed by atoms with E-state index in [9.17, 15) is 24.0 Å². The number of para-hydroxylation sites is 1. The molecule has 1 aromatic heterocycles. The van der Waals surface area contributed by atoms with Gasteiger partial charge < -0.3 is 47.6 Å². The molecule has 1 aliphatic heterocycles. The zero-order chi connectivity index (χ0) is 31.5. The first-order chi connectivity index (χ1) is 20.5. The van der Waals surface area contributed by atoms with Crippen LogP contribution in [0.25, 0.3) is 10.9 Å². The molecule has 0 aliphatic carbocycles. The number of aromatic amines is 1. The lowest BCUT2D eigenvalue weighted by Gasteiger charge is -2.24. The summed E-state index contributed by atoms with van der Waals surface area (Å²) in [6.45, 7) is 5.54. The number of carbonyl (C=O) groups is 5. The van der Waals surface area contributed by atoms with Crippen molar-refractivity contribution >= 4 is 46.5 Å². The number of primary amides is 1. The lowest BCUT2D eigenvalue weighted by Crippen LogP contribution is -2.57. The molecule has 0 spiro atoms. The summed E-state index contributed by atoms with van der Waals surface area (Å²) in [5, 5.41) is 8.66. The molecule has 2 aromatic rings. The molecule has 0 bridgehead atoms. The fourth-order valence-electron chi connectivity index (χ4n) is 4.43. The molecule has 0 radical (unpaired) electrons. The molecule has 0 saturated carbocycles. The van der Waals surface area contributed by atoms with Crippen LogP contribution in [0.3, 0.4) is 0 Å². The SMILES string of the molecule is C=CC[C@H](NC(=O)[C@@H]1OC1C(=O)OCC)C(=O)N[C@@H](CCCN=C(N)N)C(=O)N[C@@H](Cc1c[nH]c2ccccc12)C(N)=O. The van der Waals surface area contributed by atoms with Gasteiger partial charge in [0.2, 0.25) is 17.7 Å². The minimum absolute atomic E-state index is 0.0151.